The van der Waals surface area contributed by atoms with Gasteiger partial charge in [0.25, 0.3) is 0 Å². The smallest absolute Gasteiger partial charge is 0.220 e. The Balaban J connectivity index is 3.65. The van der Waals surface area contributed by atoms with Crippen molar-refractivity contribution in [3.05, 3.63) is 24.3 Å². The molecule has 0 aliphatic rings. The number of nitrogens with one attached hydrogen (secondary N) is 1. The second kappa shape index (κ2) is 31.4. The maximum atomic E-state index is 12.3. The Morgan fingerprint density at radius 2 is 1.03 bits per heavy atom. The molecular weight excluding hydrogens is 482 g/mol. The SMILES string of the molecule is CCCCCCCCC/C=C/C=C/[C@@H](O)[C@H](CO)NC(=O)CCCCCCCCCCCCCCCCCC. The number of aliphatic hydroxyl groups is 2. The van der Waals surface area contributed by atoms with Crippen molar-refractivity contribution in [1.82, 2.24) is 5.32 Å². The van der Waals surface area contributed by atoms with E-state index in [-0.39, 0.29) is 12.5 Å². The fourth-order valence-corrected chi connectivity index (χ4v) is 5.06. The summed E-state index contributed by atoms with van der Waals surface area (Å²) in [6.45, 7) is 4.25. The van der Waals surface area contributed by atoms with Gasteiger partial charge in [0.2, 0.25) is 5.91 Å². The van der Waals surface area contributed by atoms with Crippen LogP contribution in [-0.2, 0) is 4.79 Å². The second-order valence-corrected chi connectivity index (χ2v) is 11.6. The van der Waals surface area contributed by atoms with Crippen LogP contribution in [0.1, 0.15) is 174 Å². The van der Waals surface area contributed by atoms with Gasteiger partial charge >= 0.3 is 0 Å². The van der Waals surface area contributed by atoms with E-state index in [0.717, 1.165) is 19.3 Å². The van der Waals surface area contributed by atoms with Gasteiger partial charge in [0.1, 0.15) is 0 Å². The number of hydrogen-bond donors (Lipinski definition) is 3. The van der Waals surface area contributed by atoms with Crippen molar-refractivity contribution in [3.8, 4) is 0 Å². The highest BCUT2D eigenvalue weighted by Crippen LogP contribution is 2.14. The third-order valence-corrected chi connectivity index (χ3v) is 7.74. The van der Waals surface area contributed by atoms with Crippen LogP contribution in [0, 0.1) is 0 Å². The Hall–Kier alpha value is -1.13. The summed E-state index contributed by atoms with van der Waals surface area (Å²) in [5.41, 5.74) is 0. The molecule has 0 saturated heterocycles. The fourth-order valence-electron chi connectivity index (χ4n) is 5.06. The summed E-state index contributed by atoms with van der Waals surface area (Å²) in [5.74, 6) is -0.0821. The van der Waals surface area contributed by atoms with Gasteiger partial charge in [-0.25, -0.2) is 0 Å². The molecule has 0 aliphatic carbocycles. The maximum absolute atomic E-state index is 12.3. The van der Waals surface area contributed by atoms with Gasteiger partial charge in [-0.15, -0.1) is 0 Å². The lowest BCUT2D eigenvalue weighted by Gasteiger charge is -2.19. The Morgan fingerprint density at radius 1 is 0.615 bits per heavy atom. The third-order valence-electron chi connectivity index (χ3n) is 7.74. The van der Waals surface area contributed by atoms with E-state index in [0.29, 0.717) is 6.42 Å². The molecule has 0 fully saturated rings. The number of carbonyl (C=O) groups is 1. The zero-order chi connectivity index (χ0) is 28.7. The number of allylic oxidation sites excluding steroid dienone is 3. The number of hydrogen-bond acceptors (Lipinski definition) is 3. The van der Waals surface area contributed by atoms with Gasteiger partial charge in [-0.2, -0.15) is 0 Å². The Bertz CT molecular complexity index is 560. The fraction of sp³-hybridized carbons (Fsp3) is 0.857. The van der Waals surface area contributed by atoms with Crippen molar-refractivity contribution >= 4 is 5.91 Å². The van der Waals surface area contributed by atoms with Gasteiger partial charge in [0.05, 0.1) is 18.8 Å². The highest BCUT2D eigenvalue weighted by Gasteiger charge is 2.17. The van der Waals surface area contributed by atoms with Crippen molar-refractivity contribution in [1.29, 1.82) is 0 Å². The minimum atomic E-state index is -0.882. The van der Waals surface area contributed by atoms with E-state index in [2.05, 4.69) is 25.2 Å². The summed E-state index contributed by atoms with van der Waals surface area (Å²) in [4.78, 5) is 12.3. The van der Waals surface area contributed by atoms with Gasteiger partial charge in [0.15, 0.2) is 0 Å². The Kier molecular flexibility index (Phi) is 30.5. The first-order chi connectivity index (χ1) is 19.2. The topological polar surface area (TPSA) is 69.6 Å². The molecule has 4 heteroatoms. The van der Waals surface area contributed by atoms with Crippen molar-refractivity contribution in [2.45, 2.75) is 187 Å². The number of aliphatic hydroxyl groups excluding tert-OH is 2. The molecule has 0 aromatic heterocycles. The average molecular weight is 550 g/mol. The lowest BCUT2D eigenvalue weighted by molar-refractivity contribution is -0.123. The van der Waals surface area contributed by atoms with Crippen LogP contribution in [0.3, 0.4) is 0 Å². The van der Waals surface area contributed by atoms with Gasteiger partial charge in [0, 0.05) is 6.42 Å². The third kappa shape index (κ3) is 28.2. The normalized spacial score (nSPS) is 13.4. The molecule has 0 spiro atoms. The van der Waals surface area contributed by atoms with E-state index < -0.39 is 12.1 Å². The van der Waals surface area contributed by atoms with Gasteiger partial charge < -0.3 is 15.5 Å². The van der Waals surface area contributed by atoms with Crippen LogP contribution < -0.4 is 5.32 Å². The van der Waals surface area contributed by atoms with E-state index >= 15 is 0 Å². The molecule has 0 heterocycles. The van der Waals surface area contributed by atoms with E-state index in [1.54, 1.807) is 6.08 Å². The number of unbranched alkanes of at least 4 members (excludes halogenated alkanes) is 22. The van der Waals surface area contributed by atoms with E-state index in [1.807, 2.05) is 12.2 Å². The molecule has 4 nitrogen and oxygen atoms in total. The van der Waals surface area contributed by atoms with Gasteiger partial charge in [-0.05, 0) is 19.3 Å². The quantitative estimate of drug-likeness (QED) is 0.0617. The molecule has 1 amide bonds. The molecule has 2 atom stereocenters. The van der Waals surface area contributed by atoms with Crippen LogP contribution >= 0.6 is 0 Å². The molecule has 230 valence electrons. The van der Waals surface area contributed by atoms with E-state index in [1.165, 1.54) is 135 Å². The minimum Gasteiger partial charge on any atom is -0.394 e. The first-order valence-electron chi connectivity index (χ1n) is 17.1. The molecule has 0 bridgehead atoms. The monoisotopic (exact) mass is 550 g/mol. The van der Waals surface area contributed by atoms with Gasteiger partial charge in [-0.1, -0.05) is 173 Å². The van der Waals surface area contributed by atoms with Crippen LogP contribution in [0.4, 0.5) is 0 Å². The van der Waals surface area contributed by atoms with Crippen LogP contribution in [-0.4, -0.2) is 34.9 Å². The average Bonchev–Trinajstić information content (AvgIpc) is 2.94. The Morgan fingerprint density at radius 3 is 1.46 bits per heavy atom. The maximum Gasteiger partial charge on any atom is 0.220 e. The lowest BCUT2D eigenvalue weighted by atomic mass is 10.0. The predicted molar refractivity (Wildman–Crippen MR) is 170 cm³/mol. The molecule has 39 heavy (non-hydrogen) atoms. The molecule has 0 radical (unpaired) electrons. The Labute approximate surface area is 243 Å². The molecule has 0 saturated carbocycles. The predicted octanol–water partition coefficient (Wildman–Crippen LogP) is 9.73. The molecule has 0 aromatic carbocycles. The molecule has 0 aliphatic heterocycles. The van der Waals surface area contributed by atoms with Crippen LogP contribution in [0.15, 0.2) is 24.3 Å². The van der Waals surface area contributed by atoms with Crippen molar-refractivity contribution in [2.24, 2.45) is 0 Å². The zero-order valence-electron chi connectivity index (χ0n) is 26.2. The standard InChI is InChI=1S/C35H67NO3/c1-3-5-7-9-11-13-15-16-17-18-19-21-23-25-27-29-31-35(39)36-33(32-37)34(38)30-28-26-24-22-20-14-12-10-8-6-4-2/h24,26,28,30,33-34,37-38H,3-23,25,27,29,31-32H2,1-2H3,(H,36,39)/b26-24+,30-28+/t33-,34+/m0/s1. The van der Waals surface area contributed by atoms with Crippen LogP contribution in [0.25, 0.3) is 0 Å². The van der Waals surface area contributed by atoms with Crippen molar-refractivity contribution < 1.29 is 15.0 Å². The zero-order valence-corrected chi connectivity index (χ0v) is 26.2. The lowest BCUT2D eigenvalue weighted by Crippen LogP contribution is -2.45. The molecule has 0 unspecified atom stereocenters. The summed E-state index contributed by atoms with van der Waals surface area (Å²) in [6, 6.07) is -0.647. The van der Waals surface area contributed by atoms with Crippen LogP contribution in [0.2, 0.25) is 0 Å². The highest BCUT2D eigenvalue weighted by molar-refractivity contribution is 5.76. The first kappa shape index (κ1) is 37.9. The van der Waals surface area contributed by atoms with Crippen LogP contribution in [0.5, 0.6) is 0 Å². The summed E-state index contributed by atoms with van der Waals surface area (Å²) in [5, 5.41) is 22.7. The van der Waals surface area contributed by atoms with Gasteiger partial charge in [-0.3, -0.25) is 4.79 Å². The molecule has 3 N–H and O–H groups in total. The van der Waals surface area contributed by atoms with Crippen molar-refractivity contribution in [3.63, 3.8) is 0 Å². The molecule has 0 aromatic rings. The summed E-state index contributed by atoms with van der Waals surface area (Å²) in [6.07, 6.45) is 38.3. The second-order valence-electron chi connectivity index (χ2n) is 11.6. The highest BCUT2D eigenvalue weighted by atomic mass is 16.3. The largest absolute Gasteiger partial charge is 0.394 e. The van der Waals surface area contributed by atoms with E-state index in [9.17, 15) is 15.0 Å². The summed E-state index contributed by atoms with van der Waals surface area (Å²) in [7, 11) is 0. The molecular formula is C35H67NO3. The summed E-state index contributed by atoms with van der Waals surface area (Å²) < 4.78 is 0. The number of rotatable bonds is 30. The summed E-state index contributed by atoms with van der Waals surface area (Å²) >= 11 is 0. The first-order valence-corrected chi connectivity index (χ1v) is 17.1. The molecule has 0 rings (SSSR count). The number of carbonyl (C=O) groups excluding carboxylic acids is 1. The van der Waals surface area contributed by atoms with Crippen molar-refractivity contribution in [2.75, 3.05) is 6.61 Å². The van der Waals surface area contributed by atoms with E-state index in [4.69, 9.17) is 0 Å². The number of amides is 1. The minimum absolute atomic E-state index is 0.0821.